The van der Waals surface area contributed by atoms with Crippen molar-refractivity contribution in [2.24, 2.45) is 0 Å². The van der Waals surface area contributed by atoms with Crippen molar-refractivity contribution in [3.8, 4) is 5.75 Å². The number of rotatable bonds is 5. The van der Waals surface area contributed by atoms with E-state index in [2.05, 4.69) is 11.9 Å². The third kappa shape index (κ3) is 4.90. The molecule has 0 saturated carbocycles. The van der Waals surface area contributed by atoms with Crippen LogP contribution in [0.3, 0.4) is 0 Å². The summed E-state index contributed by atoms with van der Waals surface area (Å²) in [6, 6.07) is 13.3. The van der Waals surface area contributed by atoms with Crippen LogP contribution in [0.1, 0.15) is 33.6 Å². The van der Waals surface area contributed by atoms with E-state index in [0.29, 0.717) is 56.0 Å². The topological polar surface area (TPSA) is 66.0 Å². The van der Waals surface area contributed by atoms with Gasteiger partial charge in [0, 0.05) is 73.8 Å². The Bertz CT molecular complexity index is 1300. The van der Waals surface area contributed by atoms with Gasteiger partial charge in [0.15, 0.2) is 0 Å². The van der Waals surface area contributed by atoms with Gasteiger partial charge in [0.05, 0.1) is 18.2 Å². The summed E-state index contributed by atoms with van der Waals surface area (Å²) >= 11 is 6.35. The molecule has 36 heavy (non-hydrogen) atoms. The second-order valence-electron chi connectivity index (χ2n) is 9.55. The molecule has 0 spiro atoms. The van der Waals surface area contributed by atoms with Crippen LogP contribution in [0.2, 0.25) is 5.02 Å². The molecule has 8 heteroatoms. The Morgan fingerprint density at radius 1 is 1.03 bits per heavy atom. The fourth-order valence-electron chi connectivity index (χ4n) is 5.08. The molecule has 7 nitrogen and oxygen atoms in total. The second kappa shape index (κ2) is 10.4. The van der Waals surface area contributed by atoms with Crippen LogP contribution < -0.4 is 4.74 Å². The maximum absolute atomic E-state index is 13.8. The van der Waals surface area contributed by atoms with Gasteiger partial charge < -0.3 is 19.4 Å². The predicted octanol–water partition coefficient (Wildman–Crippen LogP) is 3.80. The summed E-state index contributed by atoms with van der Waals surface area (Å²) < 4.78 is 5.30. The van der Waals surface area contributed by atoms with Crippen molar-refractivity contribution >= 4 is 34.3 Å². The average Bonchev–Trinajstić information content (AvgIpc) is 2.90. The number of carbonyl (C=O) groups is 2. The van der Waals surface area contributed by atoms with Crippen LogP contribution in [-0.2, 0) is 24.2 Å². The highest BCUT2D eigenvalue weighted by Crippen LogP contribution is 2.30. The summed E-state index contributed by atoms with van der Waals surface area (Å²) in [5, 5.41) is 1.49. The number of pyridine rings is 1. The number of hydrogen-bond donors (Lipinski definition) is 0. The Kier molecular flexibility index (Phi) is 7.12. The fourth-order valence-corrected chi connectivity index (χ4v) is 5.30. The number of aromatic nitrogens is 1. The second-order valence-corrected chi connectivity index (χ2v) is 9.95. The summed E-state index contributed by atoms with van der Waals surface area (Å²) in [5.41, 5.74) is 4.23. The molecule has 1 aromatic heterocycles. The summed E-state index contributed by atoms with van der Waals surface area (Å²) in [7, 11) is 3.69. The van der Waals surface area contributed by atoms with Gasteiger partial charge in [-0.2, -0.15) is 0 Å². The van der Waals surface area contributed by atoms with Gasteiger partial charge in [0.2, 0.25) is 5.91 Å². The van der Waals surface area contributed by atoms with Crippen LogP contribution in [0.25, 0.3) is 10.9 Å². The Morgan fingerprint density at radius 2 is 1.81 bits per heavy atom. The monoisotopic (exact) mass is 506 g/mol. The van der Waals surface area contributed by atoms with Gasteiger partial charge in [0.1, 0.15) is 5.75 Å². The summed E-state index contributed by atoms with van der Waals surface area (Å²) in [5.74, 6) is 0.805. The predicted molar refractivity (Wildman–Crippen MR) is 141 cm³/mol. The number of benzene rings is 2. The van der Waals surface area contributed by atoms with Crippen molar-refractivity contribution in [3.05, 3.63) is 69.9 Å². The Labute approximate surface area is 216 Å². The molecule has 0 unspecified atom stereocenters. The number of nitrogens with zero attached hydrogens (tertiary/aromatic N) is 4. The number of aryl methyl sites for hydroxylation is 1. The molecule has 2 aromatic carbocycles. The van der Waals surface area contributed by atoms with E-state index in [-0.39, 0.29) is 11.8 Å². The largest absolute Gasteiger partial charge is 0.497 e. The molecule has 1 fully saturated rings. The number of ether oxygens (including phenoxy) is 1. The van der Waals surface area contributed by atoms with Crippen LogP contribution in [0, 0.1) is 0 Å². The van der Waals surface area contributed by atoms with Crippen LogP contribution in [0.4, 0.5) is 0 Å². The van der Waals surface area contributed by atoms with E-state index in [9.17, 15) is 9.59 Å². The van der Waals surface area contributed by atoms with E-state index in [4.69, 9.17) is 21.3 Å². The molecule has 5 rings (SSSR count). The Balaban J connectivity index is 1.40. The van der Waals surface area contributed by atoms with Crippen LogP contribution in [0.5, 0.6) is 5.75 Å². The maximum Gasteiger partial charge on any atom is 0.255 e. The third-order valence-corrected chi connectivity index (χ3v) is 7.63. The van der Waals surface area contributed by atoms with Gasteiger partial charge in [-0.15, -0.1) is 0 Å². The third-order valence-electron chi connectivity index (χ3n) is 7.26. The number of piperazine rings is 1. The average molecular weight is 507 g/mol. The molecule has 2 aliphatic heterocycles. The molecule has 1 saturated heterocycles. The molecule has 0 N–H and O–H groups in total. The van der Waals surface area contributed by atoms with E-state index in [1.807, 2.05) is 46.2 Å². The number of fused-ring (bicyclic) bond motifs is 2. The standard InChI is InChI=1S/C28H31ClN4O3/c1-31-13-15-32(16-14-31)28(35)27-21-5-3-4-6-24(21)30-25-11-12-33(18-22(25)27)26(34)10-7-19-17-20(36-2)8-9-23(19)29/h3-6,8-9,17H,7,10-16,18H2,1-2H3. The molecule has 3 heterocycles. The highest BCUT2D eigenvalue weighted by molar-refractivity contribution is 6.31. The fraction of sp³-hybridized carbons (Fsp3) is 0.393. The van der Waals surface area contributed by atoms with Gasteiger partial charge >= 0.3 is 0 Å². The van der Waals surface area contributed by atoms with E-state index in [0.717, 1.165) is 46.6 Å². The lowest BCUT2D eigenvalue weighted by Gasteiger charge is -2.35. The zero-order valence-electron chi connectivity index (χ0n) is 20.8. The van der Waals surface area contributed by atoms with Crippen LogP contribution in [0.15, 0.2) is 42.5 Å². The van der Waals surface area contributed by atoms with Gasteiger partial charge in [-0.1, -0.05) is 29.8 Å². The number of carbonyl (C=O) groups excluding carboxylic acids is 2. The number of methoxy groups -OCH3 is 1. The van der Waals surface area contributed by atoms with E-state index in [1.54, 1.807) is 13.2 Å². The lowest BCUT2D eigenvalue weighted by Crippen LogP contribution is -2.47. The van der Waals surface area contributed by atoms with Gasteiger partial charge in [-0.05, 0) is 43.3 Å². The number of amides is 2. The molecule has 3 aromatic rings. The first-order valence-corrected chi connectivity index (χ1v) is 12.8. The SMILES string of the molecule is COc1ccc(Cl)c(CCC(=O)N2CCc3nc4ccccc4c(C(=O)N4CCN(C)CC4)c3C2)c1. The van der Waals surface area contributed by atoms with Gasteiger partial charge in [-0.3, -0.25) is 14.6 Å². The van der Waals surface area contributed by atoms with E-state index < -0.39 is 0 Å². The first kappa shape index (κ1) is 24.5. The molecule has 0 bridgehead atoms. The van der Waals surface area contributed by atoms with Crippen LogP contribution in [-0.4, -0.2) is 78.4 Å². The van der Waals surface area contributed by atoms with Gasteiger partial charge in [0.25, 0.3) is 5.91 Å². The number of halogens is 1. The number of hydrogen-bond acceptors (Lipinski definition) is 5. The van der Waals surface area contributed by atoms with Crippen molar-refractivity contribution < 1.29 is 14.3 Å². The first-order valence-electron chi connectivity index (χ1n) is 12.4. The summed E-state index contributed by atoms with van der Waals surface area (Å²) in [4.78, 5) is 38.0. The van der Waals surface area contributed by atoms with Gasteiger partial charge in [-0.25, -0.2) is 0 Å². The molecular formula is C28H31ClN4O3. The van der Waals surface area contributed by atoms with Crippen molar-refractivity contribution in [2.45, 2.75) is 25.8 Å². The van der Waals surface area contributed by atoms with Crippen LogP contribution >= 0.6 is 11.6 Å². The molecule has 0 radical (unpaired) electrons. The van der Waals surface area contributed by atoms with Crippen molar-refractivity contribution in [2.75, 3.05) is 46.9 Å². The molecule has 2 aliphatic rings. The maximum atomic E-state index is 13.8. The van der Waals surface area contributed by atoms with Crippen molar-refractivity contribution in [1.82, 2.24) is 19.7 Å². The zero-order valence-corrected chi connectivity index (χ0v) is 21.6. The summed E-state index contributed by atoms with van der Waals surface area (Å²) in [6.45, 7) is 4.09. The van der Waals surface area contributed by atoms with E-state index in [1.165, 1.54) is 0 Å². The lowest BCUT2D eigenvalue weighted by molar-refractivity contribution is -0.132. The Hall–Kier alpha value is -3.16. The minimum absolute atomic E-state index is 0.0374. The molecule has 0 aliphatic carbocycles. The number of likely N-dealkylation sites (N-methyl/N-ethyl adjacent to an activating group) is 1. The minimum Gasteiger partial charge on any atom is -0.497 e. The smallest absolute Gasteiger partial charge is 0.255 e. The molecule has 0 atom stereocenters. The quantitative estimate of drug-likeness (QED) is 0.526. The molecule has 188 valence electrons. The lowest BCUT2D eigenvalue weighted by atomic mass is 9.94. The Morgan fingerprint density at radius 3 is 2.58 bits per heavy atom. The zero-order chi connectivity index (χ0) is 25.2. The van der Waals surface area contributed by atoms with Crippen molar-refractivity contribution in [1.29, 1.82) is 0 Å². The molecular weight excluding hydrogens is 476 g/mol. The normalized spacial score (nSPS) is 16.2. The van der Waals surface area contributed by atoms with Crippen molar-refractivity contribution in [3.63, 3.8) is 0 Å². The first-order chi connectivity index (χ1) is 17.4. The molecule has 2 amide bonds. The van der Waals surface area contributed by atoms with E-state index >= 15 is 0 Å². The summed E-state index contributed by atoms with van der Waals surface area (Å²) in [6.07, 6.45) is 1.50. The highest BCUT2D eigenvalue weighted by atomic mass is 35.5. The number of para-hydroxylation sites is 1. The minimum atomic E-state index is 0.0374. The highest BCUT2D eigenvalue weighted by Gasteiger charge is 2.30.